The molecule has 0 aliphatic rings. The Hall–Kier alpha value is -1.05. The molecule has 16 heavy (non-hydrogen) atoms. The van der Waals surface area contributed by atoms with Crippen molar-refractivity contribution in [2.24, 2.45) is 0 Å². The molecule has 1 aromatic rings. The van der Waals surface area contributed by atoms with E-state index < -0.39 is 0 Å². The largest absolute Gasteiger partial charge is 0.349 e. The quantitative estimate of drug-likeness (QED) is 0.581. The van der Waals surface area contributed by atoms with Crippen LogP contribution in [0.5, 0.6) is 0 Å². The molecule has 3 nitrogen and oxygen atoms in total. The number of nitrogens with one attached hydrogen (secondary N) is 1. The van der Waals surface area contributed by atoms with Crippen LogP contribution in [0.25, 0.3) is 0 Å². The average molecular weight is 237 g/mol. The van der Waals surface area contributed by atoms with Crippen LogP contribution in [0.1, 0.15) is 25.1 Å². The van der Waals surface area contributed by atoms with E-state index in [1.165, 1.54) is 4.88 Å². The molecule has 0 atom stereocenters. The Morgan fingerprint density at radius 3 is 2.88 bits per heavy atom. The molecule has 0 spiro atoms. The van der Waals surface area contributed by atoms with Gasteiger partial charge in [0.05, 0.1) is 0 Å². The number of thiazole rings is 1. The maximum Gasteiger partial charge on any atom is 0.185 e. The lowest BCUT2D eigenvalue weighted by atomic mass is 10.4. The van der Waals surface area contributed by atoms with Gasteiger partial charge in [-0.15, -0.1) is 23.7 Å². The van der Waals surface area contributed by atoms with Gasteiger partial charge in [0.1, 0.15) is 0 Å². The number of nitrogens with zero attached hydrogens (tertiary/aromatic N) is 2. The summed E-state index contributed by atoms with van der Waals surface area (Å²) in [5, 5.41) is 4.41. The van der Waals surface area contributed by atoms with Crippen LogP contribution in [0.15, 0.2) is 6.20 Å². The van der Waals surface area contributed by atoms with E-state index in [1.807, 2.05) is 6.20 Å². The smallest absolute Gasteiger partial charge is 0.185 e. The highest BCUT2D eigenvalue weighted by molar-refractivity contribution is 7.15. The van der Waals surface area contributed by atoms with Crippen molar-refractivity contribution in [1.29, 1.82) is 0 Å². The summed E-state index contributed by atoms with van der Waals surface area (Å²) in [6, 6.07) is 0. The number of hydrogen-bond donors (Lipinski definition) is 1. The third kappa shape index (κ3) is 3.84. The normalized spacial score (nSPS) is 10.1. The minimum Gasteiger partial charge on any atom is -0.349 e. The summed E-state index contributed by atoms with van der Waals surface area (Å²) >= 11 is 1.75. The highest BCUT2D eigenvalue weighted by Crippen LogP contribution is 2.21. The van der Waals surface area contributed by atoms with E-state index in [1.54, 1.807) is 11.3 Å². The molecule has 1 aromatic heterocycles. The van der Waals surface area contributed by atoms with Crippen LogP contribution < -0.4 is 10.2 Å². The van der Waals surface area contributed by atoms with Crippen LogP contribution >= 0.6 is 11.3 Å². The number of hydrogen-bond acceptors (Lipinski definition) is 4. The van der Waals surface area contributed by atoms with Gasteiger partial charge in [0.15, 0.2) is 5.13 Å². The van der Waals surface area contributed by atoms with Crippen LogP contribution in [0.3, 0.4) is 0 Å². The summed E-state index contributed by atoms with van der Waals surface area (Å²) < 4.78 is 0. The molecule has 1 N–H and O–H groups in total. The summed E-state index contributed by atoms with van der Waals surface area (Å²) in [6.45, 7) is 8.04. The lowest BCUT2D eigenvalue weighted by molar-refractivity contribution is 0.708. The molecule has 0 fully saturated rings. The third-order valence-corrected chi connectivity index (χ3v) is 3.38. The van der Waals surface area contributed by atoms with Gasteiger partial charge in [-0.1, -0.05) is 0 Å². The topological polar surface area (TPSA) is 28.2 Å². The van der Waals surface area contributed by atoms with E-state index in [0.29, 0.717) is 0 Å². The lowest BCUT2D eigenvalue weighted by Gasteiger charge is -2.16. The predicted octanol–water partition coefficient (Wildman–Crippen LogP) is 2.10. The van der Waals surface area contributed by atoms with Gasteiger partial charge in [0.25, 0.3) is 0 Å². The molecule has 4 heteroatoms. The van der Waals surface area contributed by atoms with Gasteiger partial charge in [0, 0.05) is 43.7 Å². The minimum absolute atomic E-state index is 0.779. The zero-order valence-corrected chi connectivity index (χ0v) is 10.8. The second-order valence-corrected chi connectivity index (χ2v) is 4.51. The fraction of sp³-hybridized carbons (Fsp3) is 0.583. The van der Waals surface area contributed by atoms with Crippen LogP contribution in [0.4, 0.5) is 5.13 Å². The first-order chi connectivity index (χ1) is 7.81. The molecule has 1 rings (SSSR count). The van der Waals surface area contributed by atoms with Gasteiger partial charge in [-0.3, -0.25) is 0 Å². The Morgan fingerprint density at radius 2 is 2.25 bits per heavy atom. The molecule has 0 aliphatic heterocycles. The second-order valence-electron chi connectivity index (χ2n) is 3.41. The Bertz CT molecular complexity index is 336. The molecule has 88 valence electrons. The first-order valence-corrected chi connectivity index (χ1v) is 6.47. The van der Waals surface area contributed by atoms with Crippen molar-refractivity contribution < 1.29 is 0 Å². The molecule has 0 aliphatic carbocycles. The maximum atomic E-state index is 5.18. The van der Waals surface area contributed by atoms with Crippen molar-refractivity contribution in [2.45, 2.75) is 26.8 Å². The molecule has 0 bridgehead atoms. The van der Waals surface area contributed by atoms with E-state index in [2.05, 4.69) is 35.0 Å². The Kier molecular flexibility index (Phi) is 5.91. The molecule has 0 saturated heterocycles. The Morgan fingerprint density at radius 1 is 1.50 bits per heavy atom. The third-order valence-electron chi connectivity index (χ3n) is 2.32. The number of anilines is 1. The van der Waals surface area contributed by atoms with Gasteiger partial charge >= 0.3 is 0 Å². The Balaban J connectivity index is 2.42. The lowest BCUT2D eigenvalue weighted by Crippen LogP contribution is -2.21. The molecule has 0 unspecified atom stereocenters. The minimum atomic E-state index is 0.779. The van der Waals surface area contributed by atoms with Crippen molar-refractivity contribution in [3.63, 3.8) is 0 Å². The maximum absolute atomic E-state index is 5.18. The first kappa shape index (κ1) is 13.0. The number of rotatable bonds is 7. The van der Waals surface area contributed by atoms with Crippen LogP contribution in [0, 0.1) is 12.3 Å². The molecule has 0 radical (unpaired) electrons. The van der Waals surface area contributed by atoms with E-state index in [-0.39, 0.29) is 0 Å². The monoisotopic (exact) mass is 237 g/mol. The Labute approximate surface area is 102 Å². The highest BCUT2D eigenvalue weighted by atomic mass is 32.1. The summed E-state index contributed by atoms with van der Waals surface area (Å²) in [5.74, 6) is 2.61. The summed E-state index contributed by atoms with van der Waals surface area (Å²) in [4.78, 5) is 7.94. The molecule has 0 aromatic carbocycles. The number of terminal acetylenes is 1. The predicted molar refractivity (Wildman–Crippen MR) is 70.8 cm³/mol. The van der Waals surface area contributed by atoms with Crippen molar-refractivity contribution >= 4 is 16.5 Å². The zero-order chi connectivity index (χ0) is 11.8. The van der Waals surface area contributed by atoms with Gasteiger partial charge in [0.2, 0.25) is 0 Å². The molecule has 0 amide bonds. The second kappa shape index (κ2) is 7.26. The number of aromatic nitrogens is 1. The van der Waals surface area contributed by atoms with Crippen LogP contribution in [0.2, 0.25) is 0 Å². The molecular formula is C12H19N3S. The van der Waals surface area contributed by atoms with Crippen molar-refractivity contribution in [1.82, 2.24) is 10.3 Å². The van der Waals surface area contributed by atoms with Gasteiger partial charge in [-0.25, -0.2) is 4.98 Å². The summed E-state index contributed by atoms with van der Waals surface area (Å²) in [6.07, 6.45) is 7.91. The van der Waals surface area contributed by atoms with E-state index in [4.69, 9.17) is 6.42 Å². The fourth-order valence-corrected chi connectivity index (χ4v) is 2.40. The molecule has 1 heterocycles. The van der Waals surface area contributed by atoms with E-state index >= 15 is 0 Å². The highest BCUT2D eigenvalue weighted by Gasteiger charge is 2.06. The molecule has 0 saturated carbocycles. The summed E-state index contributed by atoms with van der Waals surface area (Å²) in [7, 11) is 0. The van der Waals surface area contributed by atoms with Gasteiger partial charge in [-0.05, 0) is 13.8 Å². The van der Waals surface area contributed by atoms with Crippen LogP contribution in [-0.2, 0) is 6.54 Å². The molecular weight excluding hydrogens is 218 g/mol. The van der Waals surface area contributed by atoms with E-state index in [9.17, 15) is 0 Å². The fourth-order valence-electron chi connectivity index (χ4n) is 1.39. The average Bonchev–Trinajstić information content (AvgIpc) is 2.75. The first-order valence-electron chi connectivity index (χ1n) is 5.65. The van der Waals surface area contributed by atoms with Crippen molar-refractivity contribution in [2.75, 3.05) is 24.5 Å². The SMILES string of the molecule is C#CCCNCc1cnc(N(CC)CC)s1. The zero-order valence-electron chi connectivity index (χ0n) is 9.99. The van der Waals surface area contributed by atoms with Gasteiger partial charge in [-0.2, -0.15) is 0 Å². The van der Waals surface area contributed by atoms with Crippen LogP contribution in [-0.4, -0.2) is 24.6 Å². The standard InChI is InChI=1S/C12H19N3S/c1-4-7-8-13-9-11-10-14-12(16-11)15(5-2)6-3/h1,10,13H,5-9H2,2-3H3. The summed E-state index contributed by atoms with van der Waals surface area (Å²) in [5.41, 5.74) is 0. The van der Waals surface area contributed by atoms with Crippen molar-refractivity contribution in [3.8, 4) is 12.3 Å². The van der Waals surface area contributed by atoms with Crippen molar-refractivity contribution in [3.05, 3.63) is 11.1 Å². The van der Waals surface area contributed by atoms with Gasteiger partial charge < -0.3 is 10.2 Å². The van der Waals surface area contributed by atoms with E-state index in [0.717, 1.165) is 37.7 Å².